The summed E-state index contributed by atoms with van der Waals surface area (Å²) >= 11 is 0. The Kier molecular flexibility index (Phi) is 5.30. The van der Waals surface area contributed by atoms with Crippen LogP contribution in [-0.2, 0) is 0 Å². The van der Waals surface area contributed by atoms with Gasteiger partial charge in [0.05, 0.1) is 11.1 Å². The molecule has 5 heteroatoms. The van der Waals surface area contributed by atoms with E-state index in [-0.39, 0.29) is 23.8 Å². The van der Waals surface area contributed by atoms with Crippen molar-refractivity contribution in [1.82, 2.24) is 4.90 Å². The van der Waals surface area contributed by atoms with Gasteiger partial charge in [0, 0.05) is 23.8 Å². The average molecular weight is 388 g/mol. The lowest BCUT2D eigenvalue weighted by molar-refractivity contribution is 0.0549. The van der Waals surface area contributed by atoms with E-state index in [4.69, 9.17) is 0 Å². The number of anilines is 1. The summed E-state index contributed by atoms with van der Waals surface area (Å²) in [5, 5.41) is 0. The lowest BCUT2D eigenvalue weighted by Crippen LogP contribution is -2.40. The fourth-order valence-electron chi connectivity index (χ4n) is 4.26. The Morgan fingerprint density at radius 3 is 2.38 bits per heavy atom. The van der Waals surface area contributed by atoms with Crippen LogP contribution in [0.5, 0.6) is 0 Å². The van der Waals surface area contributed by atoms with E-state index in [1.54, 1.807) is 29.2 Å². The smallest absolute Gasteiger partial charge is 0.261 e. The molecule has 0 N–H and O–H groups in total. The first-order valence-corrected chi connectivity index (χ1v) is 10.1. The molecular weight excluding hydrogens is 364 g/mol. The van der Waals surface area contributed by atoms with E-state index in [1.807, 2.05) is 30.3 Å². The minimum absolute atomic E-state index is 0.0307. The normalized spacial score (nSPS) is 16.6. The van der Waals surface area contributed by atoms with Crippen LogP contribution in [-0.4, -0.2) is 35.2 Å². The number of imide groups is 1. The number of hydrogen-bond acceptors (Lipinski definition) is 3. The standard InChI is InChI=1S/C24H24N2O3/c1-2-15-25(18-9-5-3-6-10-18)22(27)17-13-14-20-21(16-17)24(29)26(23(20)28)19-11-7-4-8-12-19/h2-3,5-6,9-10,13-14,16,19H,1,4,7-8,11-12,15H2. The van der Waals surface area contributed by atoms with Gasteiger partial charge in [-0.2, -0.15) is 0 Å². The Hall–Kier alpha value is -3.21. The molecule has 1 saturated carbocycles. The molecule has 0 bridgehead atoms. The summed E-state index contributed by atoms with van der Waals surface area (Å²) in [7, 11) is 0. The zero-order valence-corrected chi connectivity index (χ0v) is 16.3. The van der Waals surface area contributed by atoms with E-state index >= 15 is 0 Å². The van der Waals surface area contributed by atoms with Crippen molar-refractivity contribution < 1.29 is 14.4 Å². The molecule has 2 aromatic rings. The molecular formula is C24H24N2O3. The van der Waals surface area contributed by atoms with Gasteiger partial charge in [-0.05, 0) is 43.2 Å². The van der Waals surface area contributed by atoms with Crippen molar-refractivity contribution in [3.8, 4) is 0 Å². The van der Waals surface area contributed by atoms with Gasteiger partial charge >= 0.3 is 0 Å². The molecule has 0 saturated heterocycles. The highest BCUT2D eigenvalue weighted by Gasteiger charge is 2.40. The predicted molar refractivity (Wildman–Crippen MR) is 112 cm³/mol. The molecule has 0 radical (unpaired) electrons. The van der Waals surface area contributed by atoms with Crippen LogP contribution in [0.4, 0.5) is 5.69 Å². The summed E-state index contributed by atoms with van der Waals surface area (Å²) in [6.45, 7) is 4.09. The van der Waals surface area contributed by atoms with Gasteiger partial charge in [-0.1, -0.05) is 43.5 Å². The number of rotatable bonds is 5. The van der Waals surface area contributed by atoms with Gasteiger partial charge in [-0.25, -0.2) is 0 Å². The lowest BCUT2D eigenvalue weighted by Gasteiger charge is -2.29. The summed E-state index contributed by atoms with van der Waals surface area (Å²) in [5.41, 5.74) is 1.87. The van der Waals surface area contributed by atoms with Crippen molar-refractivity contribution >= 4 is 23.4 Å². The van der Waals surface area contributed by atoms with Crippen LogP contribution < -0.4 is 4.90 Å². The van der Waals surface area contributed by atoms with E-state index in [9.17, 15) is 14.4 Å². The van der Waals surface area contributed by atoms with Crippen LogP contribution in [0.1, 0.15) is 63.2 Å². The second-order valence-electron chi connectivity index (χ2n) is 7.57. The van der Waals surface area contributed by atoms with Gasteiger partial charge in [-0.3, -0.25) is 19.3 Å². The fraction of sp³-hybridized carbons (Fsp3) is 0.292. The third-order valence-corrected chi connectivity index (χ3v) is 5.73. The SMILES string of the molecule is C=CCN(C(=O)c1ccc2c(c1)C(=O)N(C1CCCCC1)C2=O)c1ccccc1. The Morgan fingerprint density at radius 1 is 1.00 bits per heavy atom. The molecule has 1 fully saturated rings. The van der Waals surface area contributed by atoms with Crippen LogP contribution in [0.25, 0.3) is 0 Å². The first-order chi connectivity index (χ1) is 14.1. The van der Waals surface area contributed by atoms with E-state index in [1.165, 1.54) is 4.90 Å². The zero-order chi connectivity index (χ0) is 20.4. The second kappa shape index (κ2) is 8.03. The number of nitrogens with zero attached hydrogens (tertiary/aromatic N) is 2. The van der Waals surface area contributed by atoms with E-state index in [0.29, 0.717) is 23.2 Å². The number of hydrogen-bond donors (Lipinski definition) is 0. The molecule has 2 aliphatic rings. The highest BCUT2D eigenvalue weighted by molar-refractivity contribution is 6.22. The number of amides is 3. The van der Waals surface area contributed by atoms with Gasteiger partial charge in [0.15, 0.2) is 0 Å². The van der Waals surface area contributed by atoms with Gasteiger partial charge < -0.3 is 4.90 Å². The summed E-state index contributed by atoms with van der Waals surface area (Å²) in [4.78, 5) is 42.0. The summed E-state index contributed by atoms with van der Waals surface area (Å²) in [6, 6.07) is 14.1. The third-order valence-electron chi connectivity index (χ3n) is 5.73. The number of carbonyl (C=O) groups is 3. The summed E-state index contributed by atoms with van der Waals surface area (Å²) in [5.74, 6) is -0.737. The molecule has 1 aliphatic carbocycles. The molecule has 4 rings (SSSR count). The molecule has 1 aliphatic heterocycles. The average Bonchev–Trinajstić information content (AvgIpc) is 3.02. The molecule has 0 aromatic heterocycles. The van der Waals surface area contributed by atoms with Crippen LogP contribution in [0.2, 0.25) is 0 Å². The zero-order valence-electron chi connectivity index (χ0n) is 16.3. The molecule has 148 valence electrons. The quantitative estimate of drug-likeness (QED) is 0.562. The van der Waals surface area contributed by atoms with E-state index in [2.05, 4.69) is 6.58 Å². The largest absolute Gasteiger partial charge is 0.305 e. The van der Waals surface area contributed by atoms with Gasteiger partial charge in [-0.15, -0.1) is 6.58 Å². The van der Waals surface area contributed by atoms with Crippen molar-refractivity contribution in [2.24, 2.45) is 0 Å². The molecule has 0 spiro atoms. The Morgan fingerprint density at radius 2 is 1.69 bits per heavy atom. The highest BCUT2D eigenvalue weighted by atomic mass is 16.2. The molecule has 5 nitrogen and oxygen atoms in total. The Labute approximate surface area is 170 Å². The van der Waals surface area contributed by atoms with Crippen molar-refractivity contribution in [2.45, 2.75) is 38.1 Å². The van der Waals surface area contributed by atoms with Crippen molar-refractivity contribution in [1.29, 1.82) is 0 Å². The van der Waals surface area contributed by atoms with Crippen molar-refractivity contribution in [2.75, 3.05) is 11.4 Å². The Bertz CT molecular complexity index is 961. The fourth-order valence-corrected chi connectivity index (χ4v) is 4.26. The van der Waals surface area contributed by atoms with Crippen LogP contribution in [0.3, 0.4) is 0 Å². The molecule has 2 aromatic carbocycles. The molecule has 1 heterocycles. The molecule has 0 unspecified atom stereocenters. The van der Waals surface area contributed by atoms with Crippen LogP contribution in [0, 0.1) is 0 Å². The minimum Gasteiger partial charge on any atom is -0.305 e. The molecule has 3 amide bonds. The van der Waals surface area contributed by atoms with Crippen molar-refractivity contribution in [3.63, 3.8) is 0 Å². The van der Waals surface area contributed by atoms with Crippen LogP contribution >= 0.6 is 0 Å². The topological polar surface area (TPSA) is 57.7 Å². The Balaban J connectivity index is 1.64. The maximum Gasteiger partial charge on any atom is 0.261 e. The van der Waals surface area contributed by atoms with E-state index in [0.717, 1.165) is 37.8 Å². The molecule has 0 atom stereocenters. The van der Waals surface area contributed by atoms with Crippen LogP contribution in [0.15, 0.2) is 61.2 Å². The first kappa shape index (κ1) is 19.1. The highest BCUT2D eigenvalue weighted by Crippen LogP contribution is 2.32. The van der Waals surface area contributed by atoms with Gasteiger partial charge in [0.2, 0.25) is 0 Å². The maximum atomic E-state index is 13.2. The van der Waals surface area contributed by atoms with E-state index < -0.39 is 0 Å². The monoisotopic (exact) mass is 388 g/mol. The molecule has 29 heavy (non-hydrogen) atoms. The maximum absolute atomic E-state index is 13.2. The minimum atomic E-state index is -0.276. The number of carbonyl (C=O) groups excluding carboxylic acids is 3. The summed E-state index contributed by atoms with van der Waals surface area (Å²) in [6.07, 6.45) is 6.61. The lowest BCUT2D eigenvalue weighted by atomic mass is 9.94. The third kappa shape index (κ3) is 3.48. The van der Waals surface area contributed by atoms with Gasteiger partial charge in [0.25, 0.3) is 17.7 Å². The number of fused-ring (bicyclic) bond motifs is 1. The van der Waals surface area contributed by atoms with Gasteiger partial charge in [0.1, 0.15) is 0 Å². The number of benzene rings is 2. The first-order valence-electron chi connectivity index (χ1n) is 10.1. The summed E-state index contributed by atoms with van der Waals surface area (Å²) < 4.78 is 0. The number of para-hydroxylation sites is 1. The predicted octanol–water partition coefficient (Wildman–Crippen LogP) is 4.45. The van der Waals surface area contributed by atoms with Crippen molar-refractivity contribution in [3.05, 3.63) is 77.9 Å². The second-order valence-corrected chi connectivity index (χ2v) is 7.57.